The highest BCUT2D eigenvalue weighted by molar-refractivity contribution is 14.1. The Bertz CT molecular complexity index is 875. The number of nitrogens with zero attached hydrogens (tertiary/aromatic N) is 2. The van der Waals surface area contributed by atoms with Gasteiger partial charge in [0.1, 0.15) is 5.82 Å². The second-order valence-corrected chi connectivity index (χ2v) is 6.86. The van der Waals surface area contributed by atoms with Crippen molar-refractivity contribution in [1.29, 1.82) is 0 Å². The fourth-order valence-corrected chi connectivity index (χ4v) is 3.42. The van der Waals surface area contributed by atoms with Crippen molar-refractivity contribution in [3.8, 4) is 0 Å². The Labute approximate surface area is 153 Å². The van der Waals surface area contributed by atoms with Crippen LogP contribution < -0.4 is 5.32 Å². The van der Waals surface area contributed by atoms with Gasteiger partial charge < -0.3 is 9.88 Å². The van der Waals surface area contributed by atoms with Crippen molar-refractivity contribution in [2.75, 3.05) is 6.54 Å². The van der Waals surface area contributed by atoms with Gasteiger partial charge in [-0.1, -0.05) is 23.7 Å². The Hall–Kier alpha value is -1.60. The summed E-state index contributed by atoms with van der Waals surface area (Å²) in [5, 5.41) is 3.37. The van der Waals surface area contributed by atoms with Gasteiger partial charge in [0.15, 0.2) is 0 Å². The zero-order valence-electron chi connectivity index (χ0n) is 12.5. The van der Waals surface area contributed by atoms with Crippen molar-refractivity contribution in [1.82, 2.24) is 14.9 Å². The first-order valence-corrected chi connectivity index (χ1v) is 8.65. The normalized spacial score (nSPS) is 10.9. The zero-order chi connectivity index (χ0) is 16.4. The van der Waals surface area contributed by atoms with Gasteiger partial charge in [-0.2, -0.15) is 0 Å². The number of benzene rings is 2. The smallest absolute Gasteiger partial charge is 0.252 e. The van der Waals surface area contributed by atoms with Crippen LogP contribution in [0.15, 0.2) is 42.5 Å². The van der Waals surface area contributed by atoms with Crippen molar-refractivity contribution in [2.24, 2.45) is 7.05 Å². The SMILES string of the molecule is Cn1c(CCNC(=O)c2ccc(I)cc2Cl)nc2ccccc21. The Balaban J connectivity index is 1.66. The number of hydrogen-bond acceptors (Lipinski definition) is 2. The van der Waals surface area contributed by atoms with E-state index in [1.165, 1.54) is 0 Å². The minimum atomic E-state index is -0.162. The van der Waals surface area contributed by atoms with Crippen LogP contribution in [0.5, 0.6) is 0 Å². The molecule has 118 valence electrons. The van der Waals surface area contributed by atoms with Crippen LogP contribution in [-0.2, 0) is 13.5 Å². The Morgan fingerprint density at radius 1 is 1.30 bits per heavy atom. The fraction of sp³-hybridized carbons (Fsp3) is 0.176. The molecule has 0 bridgehead atoms. The summed E-state index contributed by atoms with van der Waals surface area (Å²) < 4.78 is 3.06. The third kappa shape index (κ3) is 3.50. The largest absolute Gasteiger partial charge is 0.352 e. The number of aromatic nitrogens is 2. The molecular weight excluding hydrogens is 425 g/mol. The first-order chi connectivity index (χ1) is 11.1. The van der Waals surface area contributed by atoms with E-state index in [0.29, 0.717) is 23.6 Å². The molecular formula is C17H15ClIN3O. The summed E-state index contributed by atoms with van der Waals surface area (Å²) in [7, 11) is 1.99. The summed E-state index contributed by atoms with van der Waals surface area (Å²) in [5.41, 5.74) is 2.56. The summed E-state index contributed by atoms with van der Waals surface area (Å²) in [6, 6.07) is 13.4. The number of nitrogens with one attached hydrogen (secondary N) is 1. The van der Waals surface area contributed by atoms with Crippen LogP contribution >= 0.6 is 34.2 Å². The molecule has 0 aliphatic heterocycles. The van der Waals surface area contributed by atoms with E-state index in [1.807, 2.05) is 37.4 Å². The monoisotopic (exact) mass is 439 g/mol. The topological polar surface area (TPSA) is 46.9 Å². The molecule has 6 heteroatoms. The van der Waals surface area contributed by atoms with Crippen molar-refractivity contribution in [2.45, 2.75) is 6.42 Å². The number of para-hydroxylation sites is 2. The van der Waals surface area contributed by atoms with E-state index < -0.39 is 0 Å². The van der Waals surface area contributed by atoms with E-state index in [1.54, 1.807) is 12.1 Å². The third-order valence-corrected chi connectivity index (χ3v) is 4.67. The average molecular weight is 440 g/mol. The number of aryl methyl sites for hydroxylation is 1. The molecule has 0 radical (unpaired) electrons. The fourth-order valence-electron chi connectivity index (χ4n) is 2.48. The van der Waals surface area contributed by atoms with E-state index >= 15 is 0 Å². The lowest BCUT2D eigenvalue weighted by Crippen LogP contribution is -2.26. The molecule has 1 aromatic heterocycles. The van der Waals surface area contributed by atoms with Crippen LogP contribution in [0.2, 0.25) is 5.02 Å². The van der Waals surface area contributed by atoms with E-state index in [0.717, 1.165) is 20.4 Å². The number of hydrogen-bond donors (Lipinski definition) is 1. The summed E-state index contributed by atoms with van der Waals surface area (Å²) in [5.74, 6) is 0.783. The summed E-state index contributed by atoms with van der Waals surface area (Å²) >= 11 is 8.28. The van der Waals surface area contributed by atoms with Crippen LogP contribution in [0, 0.1) is 3.57 Å². The Morgan fingerprint density at radius 3 is 2.83 bits per heavy atom. The van der Waals surface area contributed by atoms with Crippen LogP contribution in [-0.4, -0.2) is 22.0 Å². The second kappa shape index (κ2) is 6.88. The van der Waals surface area contributed by atoms with Crippen molar-refractivity contribution >= 4 is 51.1 Å². The number of halogens is 2. The van der Waals surface area contributed by atoms with Crippen LogP contribution in [0.3, 0.4) is 0 Å². The molecule has 3 rings (SSSR count). The standard InChI is InChI=1S/C17H15ClIN3O/c1-22-15-5-3-2-4-14(15)21-16(22)8-9-20-17(23)12-7-6-11(19)10-13(12)18/h2-7,10H,8-9H2,1H3,(H,20,23). The molecule has 0 fully saturated rings. The van der Waals surface area contributed by atoms with Gasteiger partial charge >= 0.3 is 0 Å². The molecule has 1 amide bonds. The predicted molar refractivity (Wildman–Crippen MR) is 101 cm³/mol. The van der Waals surface area contributed by atoms with Gasteiger partial charge in [-0.15, -0.1) is 0 Å². The lowest BCUT2D eigenvalue weighted by atomic mass is 10.2. The lowest BCUT2D eigenvalue weighted by molar-refractivity contribution is 0.0954. The molecule has 3 aromatic rings. The molecule has 0 atom stereocenters. The molecule has 0 aliphatic carbocycles. The Kier molecular flexibility index (Phi) is 4.87. The number of carbonyl (C=O) groups excluding carboxylic acids is 1. The number of fused-ring (bicyclic) bond motifs is 1. The minimum absolute atomic E-state index is 0.162. The molecule has 23 heavy (non-hydrogen) atoms. The quantitative estimate of drug-likeness (QED) is 0.629. The highest BCUT2D eigenvalue weighted by Crippen LogP contribution is 2.19. The summed E-state index contributed by atoms with van der Waals surface area (Å²) in [6.45, 7) is 0.512. The van der Waals surface area contributed by atoms with E-state index in [-0.39, 0.29) is 5.91 Å². The van der Waals surface area contributed by atoms with E-state index in [2.05, 4.69) is 37.5 Å². The van der Waals surface area contributed by atoms with Crippen LogP contribution in [0.4, 0.5) is 0 Å². The third-order valence-electron chi connectivity index (χ3n) is 3.69. The maximum Gasteiger partial charge on any atom is 0.252 e. The molecule has 0 saturated heterocycles. The van der Waals surface area contributed by atoms with E-state index in [9.17, 15) is 4.79 Å². The molecule has 0 saturated carbocycles. The Morgan fingerprint density at radius 2 is 2.09 bits per heavy atom. The predicted octanol–water partition coefficient (Wildman–Crippen LogP) is 3.80. The van der Waals surface area contributed by atoms with Gasteiger partial charge in [0, 0.05) is 23.6 Å². The first kappa shape index (κ1) is 16.3. The molecule has 0 aliphatic rings. The van der Waals surface area contributed by atoms with Gasteiger partial charge in [-0.3, -0.25) is 4.79 Å². The number of imidazole rings is 1. The maximum atomic E-state index is 12.2. The van der Waals surface area contributed by atoms with Gasteiger partial charge in [-0.25, -0.2) is 4.98 Å². The molecule has 4 nitrogen and oxygen atoms in total. The van der Waals surface area contributed by atoms with Crippen molar-refractivity contribution in [3.63, 3.8) is 0 Å². The van der Waals surface area contributed by atoms with Crippen molar-refractivity contribution in [3.05, 3.63) is 62.4 Å². The van der Waals surface area contributed by atoms with E-state index in [4.69, 9.17) is 11.6 Å². The van der Waals surface area contributed by atoms with Crippen LogP contribution in [0.25, 0.3) is 11.0 Å². The molecule has 0 unspecified atom stereocenters. The maximum absolute atomic E-state index is 12.2. The summed E-state index contributed by atoms with van der Waals surface area (Å²) in [4.78, 5) is 16.8. The minimum Gasteiger partial charge on any atom is -0.352 e. The molecule has 1 N–H and O–H groups in total. The highest BCUT2D eigenvalue weighted by Gasteiger charge is 2.11. The van der Waals surface area contributed by atoms with Gasteiger partial charge in [0.05, 0.1) is 21.6 Å². The van der Waals surface area contributed by atoms with Gasteiger partial charge in [0.2, 0.25) is 0 Å². The first-order valence-electron chi connectivity index (χ1n) is 7.20. The van der Waals surface area contributed by atoms with Gasteiger partial charge in [0.25, 0.3) is 5.91 Å². The molecule has 2 aromatic carbocycles. The highest BCUT2D eigenvalue weighted by atomic mass is 127. The lowest BCUT2D eigenvalue weighted by Gasteiger charge is -2.07. The summed E-state index contributed by atoms with van der Waals surface area (Å²) in [6.07, 6.45) is 0.666. The number of carbonyl (C=O) groups is 1. The number of amides is 1. The van der Waals surface area contributed by atoms with Crippen LogP contribution in [0.1, 0.15) is 16.2 Å². The second-order valence-electron chi connectivity index (χ2n) is 5.21. The van der Waals surface area contributed by atoms with Crippen molar-refractivity contribution < 1.29 is 4.79 Å². The number of rotatable bonds is 4. The molecule has 1 heterocycles. The zero-order valence-corrected chi connectivity index (χ0v) is 15.4. The van der Waals surface area contributed by atoms with Gasteiger partial charge in [-0.05, 0) is 52.9 Å². The molecule has 0 spiro atoms. The average Bonchev–Trinajstić information content (AvgIpc) is 2.84.